The van der Waals surface area contributed by atoms with Gasteiger partial charge in [0.05, 0.1) is 5.56 Å². The van der Waals surface area contributed by atoms with E-state index in [0.29, 0.717) is 23.2 Å². The van der Waals surface area contributed by atoms with Crippen LogP contribution in [0.15, 0.2) is 103 Å². The highest BCUT2D eigenvalue weighted by Gasteiger charge is 2.21. The molecule has 4 rings (SSSR count). The lowest BCUT2D eigenvalue weighted by molar-refractivity contribution is 0.102. The maximum Gasteiger partial charge on any atom is 0.260 e. The van der Waals surface area contributed by atoms with Crippen LogP contribution in [-0.2, 0) is 6.42 Å². The molecule has 0 fully saturated rings. The van der Waals surface area contributed by atoms with Crippen LogP contribution in [-0.4, -0.2) is 11.0 Å². The standard InChI is InChI=1S/C26H21NO2/c28-25-21(18-19-10-4-1-5-11-19)16-17-23(20-12-6-2-7-13-20)24(25)26(29)27-22-14-8-3-9-15-22/h1-17,28H,18H2,(H,27,29). The number of nitrogens with one attached hydrogen (secondary N) is 1. The van der Waals surface area contributed by atoms with Crippen molar-refractivity contribution < 1.29 is 9.90 Å². The quantitative estimate of drug-likeness (QED) is 0.453. The summed E-state index contributed by atoms with van der Waals surface area (Å²) in [7, 11) is 0. The van der Waals surface area contributed by atoms with E-state index < -0.39 is 0 Å². The van der Waals surface area contributed by atoms with Gasteiger partial charge in [0, 0.05) is 12.1 Å². The van der Waals surface area contributed by atoms with Crippen molar-refractivity contribution in [1.29, 1.82) is 0 Å². The second-order valence-electron chi connectivity index (χ2n) is 6.84. The highest BCUT2D eigenvalue weighted by Crippen LogP contribution is 2.34. The predicted octanol–water partition coefficient (Wildman–Crippen LogP) is 5.90. The van der Waals surface area contributed by atoms with Crippen molar-refractivity contribution in [2.75, 3.05) is 5.32 Å². The fourth-order valence-corrected chi connectivity index (χ4v) is 3.40. The van der Waals surface area contributed by atoms with Gasteiger partial charge in [0.15, 0.2) is 0 Å². The van der Waals surface area contributed by atoms with E-state index in [1.165, 1.54) is 0 Å². The van der Waals surface area contributed by atoms with Crippen LogP contribution in [0.4, 0.5) is 5.69 Å². The fourth-order valence-electron chi connectivity index (χ4n) is 3.40. The number of rotatable bonds is 5. The molecule has 3 nitrogen and oxygen atoms in total. The first-order valence-corrected chi connectivity index (χ1v) is 9.53. The fraction of sp³-hybridized carbons (Fsp3) is 0.0385. The van der Waals surface area contributed by atoms with Crippen molar-refractivity contribution in [3.63, 3.8) is 0 Å². The molecule has 0 aromatic heterocycles. The first kappa shape index (κ1) is 18.5. The van der Waals surface area contributed by atoms with E-state index in [1.54, 1.807) is 0 Å². The second-order valence-corrected chi connectivity index (χ2v) is 6.84. The molecule has 1 amide bonds. The Bertz CT molecular complexity index is 1110. The lowest BCUT2D eigenvalue weighted by Crippen LogP contribution is -2.14. The summed E-state index contributed by atoms with van der Waals surface area (Å²) >= 11 is 0. The van der Waals surface area contributed by atoms with E-state index >= 15 is 0 Å². The number of aromatic hydroxyl groups is 1. The number of hydrogen-bond donors (Lipinski definition) is 2. The van der Waals surface area contributed by atoms with Crippen molar-refractivity contribution in [1.82, 2.24) is 0 Å². The average Bonchev–Trinajstić information content (AvgIpc) is 2.77. The number of carbonyl (C=O) groups excluding carboxylic acids is 1. The zero-order valence-electron chi connectivity index (χ0n) is 15.9. The molecule has 0 bridgehead atoms. The Labute approximate surface area is 170 Å². The van der Waals surface area contributed by atoms with Crippen LogP contribution >= 0.6 is 0 Å². The van der Waals surface area contributed by atoms with Crippen LogP contribution in [0.3, 0.4) is 0 Å². The first-order valence-electron chi connectivity index (χ1n) is 9.53. The summed E-state index contributed by atoms with van der Waals surface area (Å²) < 4.78 is 0. The number of hydrogen-bond acceptors (Lipinski definition) is 2. The van der Waals surface area contributed by atoms with E-state index in [0.717, 1.165) is 11.1 Å². The Morgan fingerprint density at radius 1 is 0.724 bits per heavy atom. The monoisotopic (exact) mass is 379 g/mol. The summed E-state index contributed by atoms with van der Waals surface area (Å²) in [5.74, 6) is -0.314. The van der Waals surface area contributed by atoms with Gasteiger partial charge in [0.1, 0.15) is 5.75 Å². The molecule has 142 valence electrons. The zero-order chi connectivity index (χ0) is 20.1. The van der Waals surface area contributed by atoms with Gasteiger partial charge in [-0.15, -0.1) is 0 Å². The van der Waals surface area contributed by atoms with Gasteiger partial charge in [-0.1, -0.05) is 91.0 Å². The molecule has 0 heterocycles. The molecule has 0 unspecified atom stereocenters. The Morgan fingerprint density at radius 3 is 1.97 bits per heavy atom. The third-order valence-electron chi connectivity index (χ3n) is 4.84. The number of para-hydroxylation sites is 1. The molecular weight excluding hydrogens is 358 g/mol. The smallest absolute Gasteiger partial charge is 0.260 e. The lowest BCUT2D eigenvalue weighted by Gasteiger charge is -2.15. The van der Waals surface area contributed by atoms with Gasteiger partial charge in [-0.25, -0.2) is 0 Å². The third kappa shape index (κ3) is 4.19. The van der Waals surface area contributed by atoms with Crippen molar-refractivity contribution in [2.24, 2.45) is 0 Å². The number of carbonyl (C=O) groups is 1. The lowest BCUT2D eigenvalue weighted by atomic mass is 9.93. The van der Waals surface area contributed by atoms with Crippen molar-refractivity contribution >= 4 is 11.6 Å². The Morgan fingerprint density at radius 2 is 1.31 bits per heavy atom. The number of benzene rings is 4. The van der Waals surface area contributed by atoms with Gasteiger partial charge in [-0.3, -0.25) is 4.79 Å². The molecule has 2 N–H and O–H groups in total. The van der Waals surface area contributed by atoms with Gasteiger partial charge >= 0.3 is 0 Å². The predicted molar refractivity (Wildman–Crippen MR) is 117 cm³/mol. The normalized spacial score (nSPS) is 10.5. The molecule has 0 spiro atoms. The number of amides is 1. The number of phenolic OH excluding ortho intramolecular Hbond substituents is 1. The minimum Gasteiger partial charge on any atom is -0.507 e. The molecule has 0 atom stereocenters. The molecule has 3 heteroatoms. The van der Waals surface area contributed by atoms with E-state index in [4.69, 9.17) is 0 Å². The van der Waals surface area contributed by atoms with E-state index in [1.807, 2.05) is 103 Å². The summed E-state index contributed by atoms with van der Waals surface area (Å²) in [4.78, 5) is 13.2. The molecule has 0 aliphatic carbocycles. The molecule has 4 aromatic carbocycles. The molecular formula is C26H21NO2. The maximum absolute atomic E-state index is 13.2. The first-order chi connectivity index (χ1) is 14.2. The molecule has 29 heavy (non-hydrogen) atoms. The van der Waals surface area contributed by atoms with Crippen molar-refractivity contribution in [3.05, 3.63) is 120 Å². The minimum atomic E-state index is -0.331. The van der Waals surface area contributed by atoms with Crippen LogP contribution in [0, 0.1) is 0 Å². The average molecular weight is 379 g/mol. The Hall–Kier alpha value is -3.85. The van der Waals surface area contributed by atoms with Crippen molar-refractivity contribution in [2.45, 2.75) is 6.42 Å². The largest absolute Gasteiger partial charge is 0.507 e. The Kier molecular flexibility index (Phi) is 5.39. The van der Waals surface area contributed by atoms with Crippen LogP contribution < -0.4 is 5.32 Å². The summed E-state index contributed by atoms with van der Waals surface area (Å²) in [5, 5.41) is 14.0. The van der Waals surface area contributed by atoms with Gasteiger partial charge in [0.2, 0.25) is 0 Å². The summed E-state index contributed by atoms with van der Waals surface area (Å²) in [6.07, 6.45) is 0.549. The highest BCUT2D eigenvalue weighted by molar-refractivity contribution is 6.11. The van der Waals surface area contributed by atoms with Crippen LogP contribution in [0.2, 0.25) is 0 Å². The number of anilines is 1. The van der Waals surface area contributed by atoms with Crippen LogP contribution in [0.1, 0.15) is 21.5 Å². The molecule has 4 aromatic rings. The maximum atomic E-state index is 13.2. The summed E-state index contributed by atoms with van der Waals surface area (Å²) in [5.41, 5.74) is 4.34. The molecule has 0 saturated carbocycles. The van der Waals surface area contributed by atoms with E-state index in [9.17, 15) is 9.90 Å². The summed E-state index contributed by atoms with van der Waals surface area (Å²) in [6.45, 7) is 0. The van der Waals surface area contributed by atoms with Gasteiger partial charge < -0.3 is 10.4 Å². The Balaban J connectivity index is 1.78. The van der Waals surface area contributed by atoms with E-state index in [-0.39, 0.29) is 17.2 Å². The van der Waals surface area contributed by atoms with Crippen LogP contribution in [0.5, 0.6) is 5.75 Å². The van der Waals surface area contributed by atoms with Crippen LogP contribution in [0.25, 0.3) is 11.1 Å². The van der Waals surface area contributed by atoms with E-state index in [2.05, 4.69) is 5.32 Å². The molecule has 0 saturated heterocycles. The van der Waals surface area contributed by atoms with Gasteiger partial charge in [-0.05, 0) is 34.4 Å². The topological polar surface area (TPSA) is 49.3 Å². The molecule has 0 aliphatic rings. The van der Waals surface area contributed by atoms with Gasteiger partial charge in [0.25, 0.3) is 5.91 Å². The summed E-state index contributed by atoms with van der Waals surface area (Å²) in [6, 6.07) is 32.6. The highest BCUT2D eigenvalue weighted by atomic mass is 16.3. The minimum absolute atomic E-state index is 0.0173. The zero-order valence-corrected chi connectivity index (χ0v) is 15.9. The van der Waals surface area contributed by atoms with Gasteiger partial charge in [-0.2, -0.15) is 0 Å². The molecule has 0 aliphatic heterocycles. The third-order valence-corrected chi connectivity index (χ3v) is 4.84. The SMILES string of the molecule is O=C(Nc1ccccc1)c1c(-c2ccccc2)ccc(Cc2ccccc2)c1O. The number of phenols is 1. The second kappa shape index (κ2) is 8.44. The van der Waals surface area contributed by atoms with Crippen molar-refractivity contribution in [3.8, 4) is 16.9 Å². The molecule has 0 radical (unpaired) electrons.